The van der Waals surface area contributed by atoms with E-state index in [0.717, 1.165) is 12.0 Å². The Kier molecular flexibility index (Phi) is 5.30. The van der Waals surface area contributed by atoms with Crippen LogP contribution in [0.5, 0.6) is 0 Å². The van der Waals surface area contributed by atoms with Crippen LogP contribution >= 0.6 is 11.6 Å². The van der Waals surface area contributed by atoms with Crippen molar-refractivity contribution in [2.24, 2.45) is 0 Å². The van der Waals surface area contributed by atoms with Gasteiger partial charge in [0.25, 0.3) is 0 Å². The Morgan fingerprint density at radius 2 is 1.48 bits per heavy atom. The smallest absolute Gasteiger partial charge is 0.232 e. The molecule has 128 valence electrons. The molecular weight excluding hydrogens is 336 g/mol. The van der Waals surface area contributed by atoms with Crippen LogP contribution in [-0.4, -0.2) is 21.5 Å². The molecule has 2 aromatic carbocycles. The minimum atomic E-state index is 0.103. The van der Waals surface area contributed by atoms with E-state index in [-0.39, 0.29) is 11.9 Å². The highest BCUT2D eigenvalue weighted by atomic mass is 35.5. The average molecular weight is 355 g/mol. The minimum absolute atomic E-state index is 0.103. The summed E-state index contributed by atoms with van der Waals surface area (Å²) in [5.74, 6) is 0.651. The van der Waals surface area contributed by atoms with E-state index in [1.165, 1.54) is 5.56 Å². The van der Waals surface area contributed by atoms with E-state index in [1.807, 2.05) is 47.4 Å². The van der Waals surface area contributed by atoms with Crippen molar-refractivity contribution in [3.05, 3.63) is 70.7 Å². The molecule has 3 rings (SSSR count). The van der Waals surface area contributed by atoms with Crippen LogP contribution < -0.4 is 16.4 Å². The molecule has 25 heavy (non-hydrogen) atoms. The van der Waals surface area contributed by atoms with Crippen LogP contribution in [0.2, 0.25) is 5.02 Å². The molecule has 0 fully saturated rings. The van der Waals surface area contributed by atoms with Crippen LogP contribution in [0.3, 0.4) is 0 Å². The molecule has 0 atom stereocenters. The highest BCUT2D eigenvalue weighted by Gasteiger charge is 2.14. The van der Waals surface area contributed by atoms with Gasteiger partial charge in [0.1, 0.15) is 0 Å². The number of aromatic nitrogens is 3. The zero-order valence-corrected chi connectivity index (χ0v) is 14.4. The molecule has 7 heteroatoms. The second-order valence-corrected chi connectivity index (χ2v) is 6.01. The molecule has 0 bridgehead atoms. The Morgan fingerprint density at radius 1 is 0.840 bits per heavy atom. The Labute approximate surface area is 151 Å². The zero-order valence-electron chi connectivity index (χ0n) is 13.6. The zero-order chi connectivity index (χ0) is 17.6. The SMILES string of the molecule is Nc1nc(N)nc(N(CCc2ccccc2)Cc2ccccc2Cl)n1. The molecule has 0 radical (unpaired) electrons. The van der Waals surface area contributed by atoms with Gasteiger partial charge in [-0.25, -0.2) is 0 Å². The number of nitrogens with two attached hydrogens (primary N) is 2. The molecule has 0 spiro atoms. The number of benzene rings is 2. The molecule has 0 aliphatic heterocycles. The number of hydrogen-bond acceptors (Lipinski definition) is 6. The largest absolute Gasteiger partial charge is 0.368 e. The second kappa shape index (κ2) is 7.81. The normalized spacial score (nSPS) is 10.6. The van der Waals surface area contributed by atoms with Gasteiger partial charge in [-0.2, -0.15) is 15.0 Å². The summed E-state index contributed by atoms with van der Waals surface area (Å²) in [5, 5.41) is 0.696. The van der Waals surface area contributed by atoms with Gasteiger partial charge in [-0.05, 0) is 23.6 Å². The van der Waals surface area contributed by atoms with Crippen LogP contribution in [0.4, 0.5) is 17.8 Å². The lowest BCUT2D eigenvalue weighted by atomic mass is 10.1. The van der Waals surface area contributed by atoms with Crippen molar-refractivity contribution < 1.29 is 0 Å². The Bertz CT molecular complexity index is 820. The number of anilines is 3. The first kappa shape index (κ1) is 17.0. The third-order valence-electron chi connectivity index (χ3n) is 3.77. The van der Waals surface area contributed by atoms with Gasteiger partial charge in [-0.3, -0.25) is 0 Å². The predicted molar refractivity (Wildman–Crippen MR) is 101 cm³/mol. The number of nitrogen functional groups attached to an aromatic ring is 2. The van der Waals surface area contributed by atoms with Crippen LogP contribution in [0.15, 0.2) is 54.6 Å². The highest BCUT2D eigenvalue weighted by Crippen LogP contribution is 2.20. The summed E-state index contributed by atoms with van der Waals surface area (Å²) in [4.78, 5) is 14.3. The lowest BCUT2D eigenvalue weighted by Crippen LogP contribution is -2.28. The van der Waals surface area contributed by atoms with Crippen molar-refractivity contribution in [2.75, 3.05) is 22.9 Å². The van der Waals surface area contributed by atoms with Gasteiger partial charge < -0.3 is 16.4 Å². The first-order valence-corrected chi connectivity index (χ1v) is 8.29. The van der Waals surface area contributed by atoms with E-state index in [4.69, 9.17) is 23.1 Å². The van der Waals surface area contributed by atoms with Gasteiger partial charge in [0.05, 0.1) is 0 Å². The molecule has 0 aliphatic carbocycles. The van der Waals surface area contributed by atoms with Crippen molar-refractivity contribution in [3.63, 3.8) is 0 Å². The van der Waals surface area contributed by atoms with E-state index in [9.17, 15) is 0 Å². The highest BCUT2D eigenvalue weighted by molar-refractivity contribution is 6.31. The molecule has 1 heterocycles. The van der Waals surface area contributed by atoms with Crippen molar-refractivity contribution in [1.29, 1.82) is 0 Å². The van der Waals surface area contributed by atoms with E-state index in [0.29, 0.717) is 24.1 Å². The maximum Gasteiger partial charge on any atom is 0.232 e. The maximum atomic E-state index is 6.31. The summed E-state index contributed by atoms with van der Waals surface area (Å²) in [6.45, 7) is 1.24. The van der Waals surface area contributed by atoms with Gasteiger partial charge in [0.2, 0.25) is 17.8 Å². The summed E-state index contributed by atoms with van der Waals surface area (Å²) in [5.41, 5.74) is 13.7. The predicted octanol–water partition coefficient (Wildman–Crippen LogP) is 2.94. The fraction of sp³-hybridized carbons (Fsp3) is 0.167. The topological polar surface area (TPSA) is 93.9 Å². The molecule has 6 nitrogen and oxygen atoms in total. The summed E-state index contributed by atoms with van der Waals surface area (Å²) < 4.78 is 0. The number of halogens is 1. The molecule has 0 saturated carbocycles. The van der Waals surface area contributed by atoms with Crippen molar-refractivity contribution >= 4 is 29.4 Å². The number of hydrogen-bond donors (Lipinski definition) is 2. The number of rotatable bonds is 6. The summed E-state index contributed by atoms with van der Waals surface area (Å²) in [7, 11) is 0. The third-order valence-corrected chi connectivity index (χ3v) is 4.14. The van der Waals surface area contributed by atoms with E-state index >= 15 is 0 Å². The first-order valence-electron chi connectivity index (χ1n) is 7.91. The monoisotopic (exact) mass is 354 g/mol. The van der Waals surface area contributed by atoms with Gasteiger partial charge in [0.15, 0.2) is 0 Å². The van der Waals surface area contributed by atoms with E-state index in [1.54, 1.807) is 0 Å². The van der Waals surface area contributed by atoms with Crippen molar-refractivity contribution in [3.8, 4) is 0 Å². The van der Waals surface area contributed by atoms with E-state index < -0.39 is 0 Å². The molecule has 1 aromatic heterocycles. The van der Waals surface area contributed by atoms with Crippen LogP contribution in [0.1, 0.15) is 11.1 Å². The standard InChI is InChI=1S/C18H19ClN6/c19-15-9-5-4-8-14(15)12-25(11-10-13-6-2-1-3-7-13)18-23-16(20)22-17(21)24-18/h1-9H,10-12H2,(H4,20,21,22,23,24). The van der Waals surface area contributed by atoms with Gasteiger partial charge in [-0.1, -0.05) is 60.1 Å². The molecule has 0 saturated heterocycles. The second-order valence-electron chi connectivity index (χ2n) is 5.60. The Morgan fingerprint density at radius 3 is 2.16 bits per heavy atom. The van der Waals surface area contributed by atoms with Crippen molar-refractivity contribution in [2.45, 2.75) is 13.0 Å². The molecule has 0 aliphatic rings. The molecule has 3 aromatic rings. The lowest BCUT2D eigenvalue weighted by Gasteiger charge is -2.23. The van der Waals surface area contributed by atoms with Crippen LogP contribution in [-0.2, 0) is 13.0 Å². The van der Waals surface area contributed by atoms with Gasteiger partial charge in [0, 0.05) is 18.1 Å². The fourth-order valence-electron chi connectivity index (χ4n) is 2.53. The summed E-state index contributed by atoms with van der Waals surface area (Å²) >= 11 is 6.31. The number of nitrogens with zero attached hydrogens (tertiary/aromatic N) is 4. The first-order chi connectivity index (χ1) is 12.1. The molecule has 0 unspecified atom stereocenters. The van der Waals surface area contributed by atoms with E-state index in [2.05, 4.69) is 27.1 Å². The fourth-order valence-corrected chi connectivity index (χ4v) is 2.72. The Balaban J connectivity index is 1.86. The van der Waals surface area contributed by atoms with Crippen molar-refractivity contribution in [1.82, 2.24) is 15.0 Å². The average Bonchev–Trinajstić information content (AvgIpc) is 2.60. The molecular formula is C18H19ClN6. The Hall–Kier alpha value is -2.86. The summed E-state index contributed by atoms with van der Waals surface area (Å²) in [6, 6.07) is 17.9. The quantitative estimate of drug-likeness (QED) is 0.706. The summed E-state index contributed by atoms with van der Waals surface area (Å²) in [6.07, 6.45) is 0.830. The van der Waals surface area contributed by atoms with Crippen LogP contribution in [0.25, 0.3) is 0 Å². The molecule has 0 amide bonds. The van der Waals surface area contributed by atoms with Gasteiger partial charge >= 0.3 is 0 Å². The third kappa shape index (κ3) is 4.58. The molecule has 4 N–H and O–H groups in total. The van der Waals surface area contributed by atoms with Crippen LogP contribution in [0, 0.1) is 0 Å². The lowest BCUT2D eigenvalue weighted by molar-refractivity contribution is 0.749. The van der Waals surface area contributed by atoms with Gasteiger partial charge in [-0.15, -0.1) is 0 Å². The maximum absolute atomic E-state index is 6.31. The minimum Gasteiger partial charge on any atom is -0.368 e.